The largest absolute Gasteiger partial charge is 0.352 e. The molecule has 1 aliphatic rings. The highest BCUT2D eigenvalue weighted by Gasteiger charge is 2.29. The van der Waals surface area contributed by atoms with Crippen molar-refractivity contribution in [2.75, 3.05) is 13.1 Å². The van der Waals surface area contributed by atoms with E-state index < -0.39 is 41.7 Å². The second-order valence-electron chi connectivity index (χ2n) is 7.51. The molecule has 0 fully saturated rings. The number of hydrogen-bond acceptors (Lipinski definition) is 6. The molecule has 1 heterocycles. The van der Waals surface area contributed by atoms with Crippen molar-refractivity contribution in [3.63, 3.8) is 0 Å². The number of hydrogen-bond donors (Lipinski definition) is 4. The molecular weight excluding hydrogens is 406 g/mol. The Kier molecular flexibility index (Phi) is 10.4. The van der Waals surface area contributed by atoms with Crippen LogP contribution in [0.25, 0.3) is 0 Å². The predicted octanol–water partition coefficient (Wildman–Crippen LogP) is -0.645. The standard InChI is InChI=1S/C20H31N5O6/c1-4-14(26)13(6-5-10-22-20(21)31)23-19(30)18(12(2)3)24-15(27)9-11-25-16(28)7-8-17(25)29/h7-8,12-13,18H,4-6,9-11H2,1-3H3,(H,23,30)(H,24,27)(H3,21,22,31)/t13-,18-/m0/s1. The molecule has 2 atom stereocenters. The van der Waals surface area contributed by atoms with Gasteiger partial charge in [0.05, 0.1) is 6.04 Å². The molecule has 0 aromatic carbocycles. The highest BCUT2D eigenvalue weighted by Crippen LogP contribution is 2.08. The van der Waals surface area contributed by atoms with Crippen LogP contribution in [0.3, 0.4) is 0 Å². The van der Waals surface area contributed by atoms with Crippen LogP contribution in [0.15, 0.2) is 12.2 Å². The van der Waals surface area contributed by atoms with Crippen molar-refractivity contribution >= 4 is 35.4 Å². The third-order valence-corrected chi connectivity index (χ3v) is 4.75. The van der Waals surface area contributed by atoms with Gasteiger partial charge in [-0.15, -0.1) is 0 Å². The molecule has 6 amide bonds. The van der Waals surface area contributed by atoms with Crippen LogP contribution in [-0.4, -0.2) is 65.5 Å². The Morgan fingerprint density at radius 2 is 1.68 bits per heavy atom. The van der Waals surface area contributed by atoms with Gasteiger partial charge in [-0.05, 0) is 18.8 Å². The van der Waals surface area contributed by atoms with Crippen LogP contribution in [0, 0.1) is 5.92 Å². The maximum atomic E-state index is 12.8. The van der Waals surface area contributed by atoms with E-state index in [0.717, 1.165) is 17.1 Å². The minimum atomic E-state index is -0.897. The summed E-state index contributed by atoms with van der Waals surface area (Å²) in [6, 6.07) is -2.32. The lowest BCUT2D eigenvalue weighted by Crippen LogP contribution is -2.54. The van der Waals surface area contributed by atoms with Crippen molar-refractivity contribution in [2.45, 2.75) is 58.5 Å². The monoisotopic (exact) mass is 437 g/mol. The molecule has 0 radical (unpaired) electrons. The first kappa shape index (κ1) is 25.8. The molecule has 5 N–H and O–H groups in total. The molecule has 0 bridgehead atoms. The molecule has 0 aromatic heterocycles. The number of rotatable bonds is 13. The summed E-state index contributed by atoms with van der Waals surface area (Å²) >= 11 is 0. The zero-order valence-electron chi connectivity index (χ0n) is 18.1. The van der Waals surface area contributed by atoms with Gasteiger partial charge < -0.3 is 21.7 Å². The van der Waals surface area contributed by atoms with Crippen molar-refractivity contribution in [1.29, 1.82) is 0 Å². The zero-order valence-corrected chi connectivity index (χ0v) is 18.1. The fourth-order valence-electron chi connectivity index (χ4n) is 2.98. The summed E-state index contributed by atoms with van der Waals surface area (Å²) in [4.78, 5) is 72.1. The first-order valence-corrected chi connectivity index (χ1v) is 10.3. The van der Waals surface area contributed by atoms with Gasteiger partial charge in [0.2, 0.25) is 11.8 Å². The number of ketones is 1. The van der Waals surface area contributed by atoms with Crippen LogP contribution in [0.4, 0.5) is 4.79 Å². The second kappa shape index (κ2) is 12.5. The Bertz CT molecular complexity index is 730. The van der Waals surface area contributed by atoms with Gasteiger partial charge in [0.15, 0.2) is 5.78 Å². The second-order valence-corrected chi connectivity index (χ2v) is 7.51. The Morgan fingerprint density at radius 3 is 2.19 bits per heavy atom. The lowest BCUT2D eigenvalue weighted by atomic mass is 10.00. The molecular formula is C20H31N5O6. The first-order chi connectivity index (χ1) is 14.6. The molecule has 31 heavy (non-hydrogen) atoms. The van der Waals surface area contributed by atoms with Crippen LogP contribution < -0.4 is 21.7 Å². The number of nitrogens with zero attached hydrogens (tertiary/aromatic N) is 1. The normalized spacial score (nSPS) is 15.0. The van der Waals surface area contributed by atoms with E-state index in [-0.39, 0.29) is 37.6 Å². The molecule has 11 heteroatoms. The number of urea groups is 1. The molecule has 0 aromatic rings. The Morgan fingerprint density at radius 1 is 1.06 bits per heavy atom. The summed E-state index contributed by atoms with van der Waals surface area (Å²) in [7, 11) is 0. The van der Waals surface area contributed by atoms with Crippen molar-refractivity contribution in [2.24, 2.45) is 11.7 Å². The van der Waals surface area contributed by atoms with Gasteiger partial charge in [-0.1, -0.05) is 20.8 Å². The number of Topliss-reactive ketones (excluding diaryl/α,β-unsaturated/α-hetero) is 1. The predicted molar refractivity (Wildman–Crippen MR) is 111 cm³/mol. The molecule has 11 nitrogen and oxygen atoms in total. The number of imide groups is 1. The minimum absolute atomic E-state index is 0.0905. The average Bonchev–Trinajstić information content (AvgIpc) is 3.03. The fraction of sp³-hybridized carbons (Fsp3) is 0.600. The third kappa shape index (κ3) is 8.57. The van der Waals surface area contributed by atoms with Crippen LogP contribution in [0.1, 0.15) is 46.5 Å². The summed E-state index contributed by atoms with van der Waals surface area (Å²) in [5.41, 5.74) is 5.00. The van der Waals surface area contributed by atoms with E-state index in [0.29, 0.717) is 12.8 Å². The van der Waals surface area contributed by atoms with Gasteiger partial charge >= 0.3 is 6.03 Å². The molecule has 1 rings (SSSR count). The van der Waals surface area contributed by atoms with Gasteiger partial charge in [-0.25, -0.2) is 4.79 Å². The highest BCUT2D eigenvalue weighted by molar-refractivity contribution is 6.13. The van der Waals surface area contributed by atoms with Crippen molar-refractivity contribution in [3.05, 3.63) is 12.2 Å². The molecule has 1 aliphatic heterocycles. The van der Waals surface area contributed by atoms with E-state index in [2.05, 4.69) is 16.0 Å². The average molecular weight is 437 g/mol. The van der Waals surface area contributed by atoms with Crippen LogP contribution in [-0.2, 0) is 24.0 Å². The number of nitrogens with one attached hydrogen (secondary N) is 3. The van der Waals surface area contributed by atoms with E-state index in [1.54, 1.807) is 20.8 Å². The van der Waals surface area contributed by atoms with Crippen molar-refractivity contribution in [1.82, 2.24) is 20.9 Å². The number of amides is 6. The van der Waals surface area contributed by atoms with Crippen LogP contribution >= 0.6 is 0 Å². The summed E-state index contributed by atoms with van der Waals surface area (Å²) in [5.74, 6) is -2.40. The van der Waals surface area contributed by atoms with E-state index in [1.807, 2.05) is 0 Å². The summed E-state index contributed by atoms with van der Waals surface area (Å²) in [6.07, 6.45) is 3.08. The fourth-order valence-corrected chi connectivity index (χ4v) is 2.98. The van der Waals surface area contributed by atoms with Gasteiger partial charge in [-0.3, -0.25) is 28.9 Å². The van der Waals surface area contributed by atoms with Crippen LogP contribution in [0.2, 0.25) is 0 Å². The zero-order chi connectivity index (χ0) is 23.6. The van der Waals surface area contributed by atoms with Gasteiger partial charge in [0.25, 0.3) is 11.8 Å². The quantitative estimate of drug-likeness (QED) is 0.221. The van der Waals surface area contributed by atoms with Gasteiger partial charge in [0.1, 0.15) is 6.04 Å². The van der Waals surface area contributed by atoms with E-state index in [4.69, 9.17) is 5.73 Å². The summed E-state index contributed by atoms with van der Waals surface area (Å²) in [5, 5.41) is 7.71. The lowest BCUT2D eigenvalue weighted by Gasteiger charge is -2.25. The molecule has 0 saturated heterocycles. The minimum Gasteiger partial charge on any atom is -0.352 e. The topological polar surface area (TPSA) is 168 Å². The van der Waals surface area contributed by atoms with Gasteiger partial charge in [-0.2, -0.15) is 0 Å². The number of carbonyl (C=O) groups excluding carboxylic acids is 6. The number of primary amides is 1. The molecule has 0 saturated carbocycles. The Labute approximate surface area is 181 Å². The van der Waals surface area contributed by atoms with Crippen molar-refractivity contribution < 1.29 is 28.8 Å². The first-order valence-electron chi connectivity index (χ1n) is 10.3. The number of carbonyl (C=O) groups is 6. The smallest absolute Gasteiger partial charge is 0.312 e. The van der Waals surface area contributed by atoms with Crippen LogP contribution in [0.5, 0.6) is 0 Å². The molecule has 172 valence electrons. The number of nitrogens with two attached hydrogens (primary N) is 1. The summed E-state index contributed by atoms with van der Waals surface area (Å²) in [6.45, 7) is 5.35. The van der Waals surface area contributed by atoms with E-state index in [9.17, 15) is 28.8 Å². The van der Waals surface area contributed by atoms with Gasteiger partial charge in [0, 0.05) is 38.1 Å². The third-order valence-electron chi connectivity index (χ3n) is 4.75. The Balaban J connectivity index is 2.65. The summed E-state index contributed by atoms with van der Waals surface area (Å²) < 4.78 is 0. The SMILES string of the molecule is CCC(=O)[C@H](CCCNC(N)=O)NC(=O)[C@@H](NC(=O)CCN1C(=O)C=CC1=O)C(C)C. The maximum absolute atomic E-state index is 12.8. The van der Waals surface area contributed by atoms with Crippen molar-refractivity contribution in [3.8, 4) is 0 Å². The lowest BCUT2D eigenvalue weighted by molar-refractivity contribution is -0.137. The maximum Gasteiger partial charge on any atom is 0.312 e. The van der Waals surface area contributed by atoms with E-state index in [1.165, 1.54) is 0 Å². The van der Waals surface area contributed by atoms with E-state index >= 15 is 0 Å². The molecule has 0 unspecified atom stereocenters. The highest BCUT2D eigenvalue weighted by atomic mass is 16.2. The Hall–Kier alpha value is -3.24. The molecule has 0 aliphatic carbocycles. The molecule has 0 spiro atoms.